The van der Waals surface area contributed by atoms with Crippen LogP contribution < -0.4 is 11.1 Å². The zero-order valence-corrected chi connectivity index (χ0v) is 18.5. The Kier molecular flexibility index (Phi) is 7.63. The number of rotatable bonds is 9. The van der Waals surface area contributed by atoms with Gasteiger partial charge in [-0.2, -0.15) is 10.4 Å². The second-order valence-corrected chi connectivity index (χ2v) is 8.53. The van der Waals surface area contributed by atoms with Gasteiger partial charge in [0, 0.05) is 23.6 Å². The molecule has 9 nitrogen and oxygen atoms in total. The maximum absolute atomic E-state index is 13.2. The number of aryl methyl sites for hydroxylation is 1. The van der Waals surface area contributed by atoms with Crippen LogP contribution in [-0.2, 0) is 11.2 Å². The van der Waals surface area contributed by atoms with Gasteiger partial charge in [-0.25, -0.2) is 9.07 Å². The van der Waals surface area contributed by atoms with E-state index >= 15 is 0 Å². The summed E-state index contributed by atoms with van der Waals surface area (Å²) >= 11 is 1.30. The van der Waals surface area contributed by atoms with Crippen LogP contribution in [-0.4, -0.2) is 32.4 Å². The van der Waals surface area contributed by atoms with Gasteiger partial charge in [-0.05, 0) is 56.2 Å². The Morgan fingerprint density at radius 2 is 1.97 bits per heavy atom. The van der Waals surface area contributed by atoms with E-state index in [4.69, 9.17) is 5.73 Å². The maximum atomic E-state index is 13.2. The minimum absolute atomic E-state index is 0.00398. The van der Waals surface area contributed by atoms with Gasteiger partial charge < -0.3 is 11.1 Å². The summed E-state index contributed by atoms with van der Waals surface area (Å²) < 4.78 is 14.6. The summed E-state index contributed by atoms with van der Waals surface area (Å²) in [6.45, 7) is 2.12. The van der Waals surface area contributed by atoms with Gasteiger partial charge in [0.05, 0.1) is 21.6 Å². The number of nitrogens with one attached hydrogen (secondary N) is 1. The summed E-state index contributed by atoms with van der Waals surface area (Å²) in [7, 11) is 0. The summed E-state index contributed by atoms with van der Waals surface area (Å²) in [6.07, 6.45) is 0.959. The highest BCUT2D eigenvalue weighted by Gasteiger charge is 2.18. The molecule has 0 saturated heterocycles. The van der Waals surface area contributed by atoms with Gasteiger partial charge in [0.15, 0.2) is 0 Å². The van der Waals surface area contributed by atoms with Crippen LogP contribution in [0.5, 0.6) is 0 Å². The molecule has 3 rings (SSSR count). The number of benzene rings is 2. The molecule has 0 fully saturated rings. The Labute approximate surface area is 193 Å². The predicted octanol–water partition coefficient (Wildman–Crippen LogP) is 3.60. The molecule has 0 bridgehead atoms. The summed E-state index contributed by atoms with van der Waals surface area (Å²) in [5.74, 6) is -0.381. The fourth-order valence-corrected chi connectivity index (χ4v) is 3.96. The van der Waals surface area contributed by atoms with E-state index in [1.54, 1.807) is 19.1 Å². The molecular weight excluding hydrogens is 447 g/mol. The smallest absolute Gasteiger partial charge is 0.269 e. The van der Waals surface area contributed by atoms with Crippen molar-refractivity contribution in [3.8, 4) is 11.8 Å². The van der Waals surface area contributed by atoms with Crippen LogP contribution in [0, 0.1) is 27.3 Å². The van der Waals surface area contributed by atoms with Gasteiger partial charge >= 0.3 is 0 Å². The van der Waals surface area contributed by atoms with Gasteiger partial charge in [-0.15, -0.1) is 11.8 Å². The molecule has 0 aliphatic heterocycles. The number of hydrogen-bond donors (Lipinski definition) is 2. The summed E-state index contributed by atoms with van der Waals surface area (Å²) in [4.78, 5) is 23.4. The topological polar surface area (TPSA) is 140 Å². The molecule has 0 spiro atoms. The minimum atomic E-state index is -0.474. The van der Waals surface area contributed by atoms with Crippen LogP contribution in [0.15, 0.2) is 53.4 Å². The van der Waals surface area contributed by atoms with E-state index in [0.717, 1.165) is 4.90 Å². The van der Waals surface area contributed by atoms with Crippen molar-refractivity contribution in [2.24, 2.45) is 0 Å². The highest BCUT2D eigenvalue weighted by atomic mass is 32.2. The lowest BCUT2D eigenvalue weighted by molar-refractivity contribution is -0.384. The number of nitrogen functional groups attached to an aromatic ring is 1. The molecule has 0 saturated carbocycles. The zero-order chi connectivity index (χ0) is 24.0. The maximum Gasteiger partial charge on any atom is 0.269 e. The average Bonchev–Trinajstić information content (AvgIpc) is 3.12. The molecule has 3 N–H and O–H groups in total. The molecule has 1 amide bonds. The van der Waals surface area contributed by atoms with Crippen molar-refractivity contribution in [2.75, 3.05) is 12.3 Å². The number of non-ortho nitro benzene ring substituents is 1. The first kappa shape index (κ1) is 23.7. The summed E-state index contributed by atoms with van der Waals surface area (Å²) in [5, 5.41) is 27.0. The first-order valence-corrected chi connectivity index (χ1v) is 10.9. The Morgan fingerprint density at radius 1 is 1.30 bits per heavy atom. The molecule has 1 aromatic heterocycles. The number of anilines is 1. The molecule has 1 unspecified atom stereocenters. The van der Waals surface area contributed by atoms with Crippen LogP contribution in [0.4, 0.5) is 15.9 Å². The van der Waals surface area contributed by atoms with E-state index in [9.17, 15) is 24.6 Å². The molecule has 1 heterocycles. The lowest BCUT2D eigenvalue weighted by Crippen LogP contribution is -2.31. The largest absolute Gasteiger partial charge is 0.382 e. The third-order valence-electron chi connectivity index (χ3n) is 4.80. The highest BCUT2D eigenvalue weighted by Crippen LogP contribution is 2.25. The van der Waals surface area contributed by atoms with Crippen molar-refractivity contribution in [3.05, 3.63) is 75.7 Å². The second kappa shape index (κ2) is 10.6. The van der Waals surface area contributed by atoms with Crippen LogP contribution in [0.2, 0.25) is 0 Å². The number of nitriles is 1. The number of hydrogen-bond acceptors (Lipinski definition) is 7. The predicted molar refractivity (Wildman–Crippen MR) is 122 cm³/mol. The molecule has 2 aromatic carbocycles. The SMILES string of the molecule is CC(Sc1ccc([N+](=O)[O-])cc1)C(=O)NCCCc1nn(-c2ccc(F)cc2)c(N)c1C#N. The van der Waals surface area contributed by atoms with Crippen molar-refractivity contribution >= 4 is 29.2 Å². The quantitative estimate of drug-likeness (QED) is 0.212. The van der Waals surface area contributed by atoms with Gasteiger partial charge in [0.1, 0.15) is 23.3 Å². The molecule has 3 aromatic rings. The third-order valence-corrected chi connectivity index (χ3v) is 5.91. The molecule has 0 radical (unpaired) electrons. The molecule has 170 valence electrons. The van der Waals surface area contributed by atoms with E-state index < -0.39 is 10.2 Å². The van der Waals surface area contributed by atoms with Crippen LogP contribution in [0.3, 0.4) is 0 Å². The molecule has 0 aliphatic rings. The van der Waals surface area contributed by atoms with Gasteiger partial charge in [0.25, 0.3) is 5.69 Å². The van der Waals surface area contributed by atoms with E-state index in [1.165, 1.54) is 52.8 Å². The van der Waals surface area contributed by atoms with Crippen LogP contribution in [0.25, 0.3) is 5.69 Å². The molecule has 33 heavy (non-hydrogen) atoms. The first-order chi connectivity index (χ1) is 15.8. The molecular formula is C22H21FN6O3S. The van der Waals surface area contributed by atoms with Crippen molar-refractivity contribution in [1.82, 2.24) is 15.1 Å². The van der Waals surface area contributed by atoms with E-state index in [2.05, 4.69) is 16.5 Å². The van der Waals surface area contributed by atoms with Crippen molar-refractivity contribution in [1.29, 1.82) is 5.26 Å². The number of nitrogens with zero attached hydrogens (tertiary/aromatic N) is 4. The van der Waals surface area contributed by atoms with Crippen molar-refractivity contribution < 1.29 is 14.1 Å². The average molecular weight is 469 g/mol. The monoisotopic (exact) mass is 468 g/mol. The fourth-order valence-electron chi connectivity index (χ4n) is 3.07. The zero-order valence-electron chi connectivity index (χ0n) is 17.7. The number of nitrogens with two attached hydrogens (primary N) is 1. The Balaban J connectivity index is 1.53. The summed E-state index contributed by atoms with van der Waals surface area (Å²) in [6, 6.07) is 13.7. The Bertz CT molecular complexity index is 1190. The number of carbonyl (C=O) groups excluding carboxylic acids is 1. The highest BCUT2D eigenvalue weighted by molar-refractivity contribution is 8.00. The number of nitro benzene ring substituents is 1. The third kappa shape index (κ3) is 5.87. The van der Waals surface area contributed by atoms with E-state index in [1.807, 2.05) is 0 Å². The van der Waals surface area contributed by atoms with Gasteiger partial charge in [0.2, 0.25) is 5.91 Å². The van der Waals surface area contributed by atoms with Crippen molar-refractivity contribution in [3.63, 3.8) is 0 Å². The molecule has 1 atom stereocenters. The normalized spacial score (nSPS) is 11.5. The van der Waals surface area contributed by atoms with E-state index in [0.29, 0.717) is 30.8 Å². The number of aromatic nitrogens is 2. The number of nitro groups is 1. The van der Waals surface area contributed by atoms with Crippen LogP contribution >= 0.6 is 11.8 Å². The van der Waals surface area contributed by atoms with Crippen molar-refractivity contribution in [2.45, 2.75) is 29.9 Å². The first-order valence-electron chi connectivity index (χ1n) is 10.0. The second-order valence-electron chi connectivity index (χ2n) is 7.11. The molecule has 0 aliphatic carbocycles. The van der Waals surface area contributed by atoms with Crippen LogP contribution in [0.1, 0.15) is 24.6 Å². The van der Waals surface area contributed by atoms with Gasteiger partial charge in [-0.1, -0.05) is 0 Å². The summed E-state index contributed by atoms with van der Waals surface area (Å²) in [5.41, 5.74) is 7.35. The number of halogens is 1. The number of carbonyl (C=O) groups is 1. The minimum Gasteiger partial charge on any atom is -0.382 e. The lowest BCUT2D eigenvalue weighted by atomic mass is 10.1. The molecule has 11 heteroatoms. The van der Waals surface area contributed by atoms with Gasteiger partial charge in [-0.3, -0.25) is 14.9 Å². The lowest BCUT2D eigenvalue weighted by Gasteiger charge is -2.11. The Hall–Kier alpha value is -3.91. The fraction of sp³-hybridized carbons (Fsp3) is 0.227. The number of amides is 1. The Morgan fingerprint density at radius 3 is 2.58 bits per heavy atom. The standard InChI is InChI=1S/C22H21FN6O3S/c1-14(33-18-10-8-17(9-11-18)29(31)32)22(30)26-12-2-3-20-19(13-24)21(25)28(27-20)16-6-4-15(23)5-7-16/h4-11,14H,2-3,12,25H2,1H3,(H,26,30). The number of thioether (sulfide) groups is 1. The van der Waals surface area contributed by atoms with E-state index in [-0.39, 0.29) is 28.8 Å².